The Hall–Kier alpha value is -2.54. The number of benzene rings is 1. The Bertz CT molecular complexity index is 736. The number of aryl methyl sites for hydroxylation is 1. The Labute approximate surface area is 145 Å². The van der Waals surface area contributed by atoms with E-state index in [2.05, 4.69) is 10.2 Å². The first-order valence-corrected chi connectivity index (χ1v) is 8.04. The van der Waals surface area contributed by atoms with Crippen LogP contribution in [-0.2, 0) is 4.74 Å². The number of likely N-dealkylation sites (tertiary alicyclic amines) is 1. The molecule has 0 unspecified atom stereocenters. The smallest absolute Gasteiger partial charge is 0.274 e. The lowest BCUT2D eigenvalue weighted by molar-refractivity contribution is -0.0343. The maximum absolute atomic E-state index is 13.0. The Kier molecular flexibility index (Phi) is 4.94. The molecule has 1 saturated heterocycles. The first-order chi connectivity index (χ1) is 12.0. The third kappa shape index (κ3) is 3.93. The SMILES string of the molecule is CO[C@@]1(COc2ccc(F)cc2)CCN(C(=O)c2ccc(C)nn2)C1. The second-order valence-corrected chi connectivity index (χ2v) is 6.17. The highest BCUT2D eigenvalue weighted by Gasteiger charge is 2.41. The summed E-state index contributed by atoms with van der Waals surface area (Å²) in [5.74, 6) is 0.0749. The van der Waals surface area contributed by atoms with Gasteiger partial charge in [0.1, 0.15) is 23.8 Å². The first-order valence-electron chi connectivity index (χ1n) is 8.04. The molecule has 1 amide bonds. The summed E-state index contributed by atoms with van der Waals surface area (Å²) in [4.78, 5) is 14.3. The standard InChI is InChI=1S/C18H20FN3O3/c1-13-3-8-16(21-20-13)17(23)22-10-9-18(11-22,24-2)12-25-15-6-4-14(19)5-7-15/h3-8H,9-12H2,1-2H3/t18-/m0/s1. The summed E-state index contributed by atoms with van der Waals surface area (Å²) in [5.41, 5.74) is 0.483. The predicted octanol–water partition coefficient (Wildman–Crippen LogP) is 2.23. The van der Waals surface area contributed by atoms with E-state index in [4.69, 9.17) is 9.47 Å². The van der Waals surface area contributed by atoms with Gasteiger partial charge in [0.2, 0.25) is 0 Å². The summed E-state index contributed by atoms with van der Waals surface area (Å²) < 4.78 is 24.3. The number of methoxy groups -OCH3 is 1. The van der Waals surface area contributed by atoms with Crippen molar-refractivity contribution in [3.05, 3.63) is 53.6 Å². The fourth-order valence-corrected chi connectivity index (χ4v) is 2.78. The van der Waals surface area contributed by atoms with Crippen LogP contribution < -0.4 is 4.74 Å². The van der Waals surface area contributed by atoms with E-state index in [-0.39, 0.29) is 18.3 Å². The number of ether oxygens (including phenoxy) is 2. The third-order valence-corrected chi connectivity index (χ3v) is 4.37. The maximum atomic E-state index is 13.0. The van der Waals surface area contributed by atoms with E-state index < -0.39 is 5.60 Å². The lowest BCUT2D eigenvalue weighted by Gasteiger charge is -2.27. The van der Waals surface area contributed by atoms with Gasteiger partial charge < -0.3 is 14.4 Å². The van der Waals surface area contributed by atoms with Crippen molar-refractivity contribution in [1.29, 1.82) is 0 Å². The number of hydrogen-bond donors (Lipinski definition) is 0. The number of amides is 1. The summed E-state index contributed by atoms with van der Waals surface area (Å²) in [7, 11) is 1.60. The van der Waals surface area contributed by atoms with E-state index in [1.807, 2.05) is 6.92 Å². The van der Waals surface area contributed by atoms with E-state index in [0.717, 1.165) is 5.69 Å². The number of halogens is 1. The second-order valence-electron chi connectivity index (χ2n) is 6.17. The number of carbonyl (C=O) groups excluding carboxylic acids is 1. The van der Waals surface area contributed by atoms with Crippen LogP contribution in [0, 0.1) is 12.7 Å². The molecule has 1 aromatic heterocycles. The molecule has 1 aromatic carbocycles. The fraction of sp³-hybridized carbons (Fsp3) is 0.389. The minimum atomic E-state index is -0.595. The van der Waals surface area contributed by atoms with Crippen LogP contribution in [0.15, 0.2) is 36.4 Å². The van der Waals surface area contributed by atoms with Crippen LogP contribution in [0.4, 0.5) is 4.39 Å². The molecule has 0 N–H and O–H groups in total. The van der Waals surface area contributed by atoms with E-state index in [9.17, 15) is 9.18 Å². The molecule has 0 bridgehead atoms. The van der Waals surface area contributed by atoms with E-state index in [1.54, 1.807) is 36.3 Å². The van der Waals surface area contributed by atoms with Gasteiger partial charge in [0, 0.05) is 13.7 Å². The molecule has 3 rings (SSSR count). The highest BCUT2D eigenvalue weighted by atomic mass is 19.1. The molecule has 0 saturated carbocycles. The van der Waals surface area contributed by atoms with Crippen LogP contribution in [-0.4, -0.2) is 53.4 Å². The highest BCUT2D eigenvalue weighted by molar-refractivity contribution is 5.92. The molecule has 1 atom stereocenters. The predicted molar refractivity (Wildman–Crippen MR) is 88.9 cm³/mol. The minimum Gasteiger partial charge on any atom is -0.491 e. The molecule has 2 aromatic rings. The van der Waals surface area contributed by atoms with Gasteiger partial charge in [-0.05, 0) is 49.7 Å². The molecule has 1 aliphatic rings. The molecular formula is C18H20FN3O3. The molecule has 25 heavy (non-hydrogen) atoms. The van der Waals surface area contributed by atoms with Crippen molar-refractivity contribution in [3.8, 4) is 5.75 Å². The van der Waals surface area contributed by atoms with Gasteiger partial charge >= 0.3 is 0 Å². The van der Waals surface area contributed by atoms with Crippen molar-refractivity contribution in [2.45, 2.75) is 18.9 Å². The largest absolute Gasteiger partial charge is 0.491 e. The second kappa shape index (κ2) is 7.14. The number of aromatic nitrogens is 2. The van der Waals surface area contributed by atoms with Crippen LogP contribution >= 0.6 is 0 Å². The van der Waals surface area contributed by atoms with Crippen molar-refractivity contribution in [1.82, 2.24) is 15.1 Å². The van der Waals surface area contributed by atoms with Gasteiger partial charge in [0.25, 0.3) is 5.91 Å². The summed E-state index contributed by atoms with van der Waals surface area (Å²) in [5, 5.41) is 7.88. The molecule has 6 nitrogen and oxygen atoms in total. The zero-order valence-corrected chi connectivity index (χ0v) is 14.2. The fourth-order valence-electron chi connectivity index (χ4n) is 2.78. The Morgan fingerprint density at radius 2 is 2.00 bits per heavy atom. The van der Waals surface area contributed by atoms with Gasteiger partial charge in [-0.25, -0.2) is 4.39 Å². The van der Waals surface area contributed by atoms with Crippen LogP contribution in [0.1, 0.15) is 22.6 Å². The van der Waals surface area contributed by atoms with Gasteiger partial charge in [-0.3, -0.25) is 4.79 Å². The van der Waals surface area contributed by atoms with E-state index >= 15 is 0 Å². The Balaban J connectivity index is 1.64. The van der Waals surface area contributed by atoms with Crippen molar-refractivity contribution in [3.63, 3.8) is 0 Å². The van der Waals surface area contributed by atoms with Gasteiger partial charge in [-0.2, -0.15) is 5.10 Å². The van der Waals surface area contributed by atoms with Gasteiger partial charge in [-0.15, -0.1) is 5.10 Å². The monoisotopic (exact) mass is 345 g/mol. The van der Waals surface area contributed by atoms with Crippen molar-refractivity contribution in [2.24, 2.45) is 0 Å². The molecule has 1 aliphatic heterocycles. The number of hydrogen-bond acceptors (Lipinski definition) is 5. The molecule has 7 heteroatoms. The lowest BCUT2D eigenvalue weighted by atomic mass is 10.0. The zero-order valence-electron chi connectivity index (χ0n) is 14.2. The summed E-state index contributed by atoms with van der Waals surface area (Å²) in [6.07, 6.45) is 0.649. The molecular weight excluding hydrogens is 325 g/mol. The molecule has 0 spiro atoms. The van der Waals surface area contributed by atoms with Gasteiger partial charge in [0.15, 0.2) is 5.69 Å². The molecule has 0 radical (unpaired) electrons. The summed E-state index contributed by atoms with van der Waals surface area (Å²) in [6, 6.07) is 9.26. The minimum absolute atomic E-state index is 0.173. The number of rotatable bonds is 5. The first kappa shape index (κ1) is 17.3. The topological polar surface area (TPSA) is 64.6 Å². The van der Waals surface area contributed by atoms with Crippen molar-refractivity contribution >= 4 is 5.91 Å². The summed E-state index contributed by atoms with van der Waals surface area (Å²) >= 11 is 0. The normalized spacial score (nSPS) is 19.9. The van der Waals surface area contributed by atoms with Gasteiger partial charge in [0.05, 0.1) is 12.2 Å². The van der Waals surface area contributed by atoms with Crippen molar-refractivity contribution in [2.75, 3.05) is 26.8 Å². The average molecular weight is 345 g/mol. The lowest BCUT2D eigenvalue weighted by Crippen LogP contribution is -2.42. The maximum Gasteiger partial charge on any atom is 0.274 e. The Morgan fingerprint density at radius 1 is 1.24 bits per heavy atom. The zero-order chi connectivity index (χ0) is 17.9. The average Bonchev–Trinajstić information content (AvgIpc) is 3.06. The summed E-state index contributed by atoms with van der Waals surface area (Å²) in [6.45, 7) is 3.05. The molecule has 2 heterocycles. The Morgan fingerprint density at radius 3 is 2.64 bits per heavy atom. The number of nitrogens with zero attached hydrogens (tertiary/aromatic N) is 3. The van der Waals surface area contributed by atoms with Crippen molar-refractivity contribution < 1.29 is 18.7 Å². The van der Waals surface area contributed by atoms with Crippen LogP contribution in [0.5, 0.6) is 5.75 Å². The molecule has 0 aliphatic carbocycles. The highest BCUT2D eigenvalue weighted by Crippen LogP contribution is 2.27. The van der Waals surface area contributed by atoms with E-state index in [0.29, 0.717) is 31.0 Å². The molecule has 132 valence electrons. The number of carbonyl (C=O) groups is 1. The van der Waals surface area contributed by atoms with Crippen LogP contribution in [0.3, 0.4) is 0 Å². The molecule has 1 fully saturated rings. The van der Waals surface area contributed by atoms with Gasteiger partial charge in [-0.1, -0.05) is 0 Å². The van der Waals surface area contributed by atoms with E-state index in [1.165, 1.54) is 12.1 Å². The van der Waals surface area contributed by atoms with Crippen LogP contribution in [0.2, 0.25) is 0 Å². The quantitative estimate of drug-likeness (QED) is 0.831. The van der Waals surface area contributed by atoms with Crippen LogP contribution in [0.25, 0.3) is 0 Å². The third-order valence-electron chi connectivity index (χ3n) is 4.37.